The van der Waals surface area contributed by atoms with Crippen LogP contribution in [0.25, 0.3) is 0 Å². The standard InChI is InChI=1S/C26H28O2/c1-4-20(2)25(27)21(3)28-26(22-14-8-5-9-15-22,23-16-10-6-11-17-23)24-18-12-7-13-19-24/h4-21,25,27H,1H2,2-3H3/t20-,21+,25-/m0/s1. The Morgan fingerprint density at radius 1 is 0.750 bits per heavy atom. The number of benzene rings is 3. The van der Waals surface area contributed by atoms with Crippen molar-refractivity contribution in [1.82, 2.24) is 0 Å². The summed E-state index contributed by atoms with van der Waals surface area (Å²) in [5.41, 5.74) is 2.25. The second-order valence-electron chi connectivity index (χ2n) is 7.19. The molecule has 0 radical (unpaired) electrons. The van der Waals surface area contributed by atoms with Crippen LogP contribution >= 0.6 is 0 Å². The summed E-state index contributed by atoms with van der Waals surface area (Å²) in [6.07, 6.45) is 0.696. The van der Waals surface area contributed by atoms with Gasteiger partial charge in [-0.15, -0.1) is 6.58 Å². The first-order chi connectivity index (χ1) is 13.6. The summed E-state index contributed by atoms with van der Waals surface area (Å²) >= 11 is 0. The van der Waals surface area contributed by atoms with Gasteiger partial charge >= 0.3 is 0 Å². The van der Waals surface area contributed by atoms with Crippen LogP contribution in [-0.2, 0) is 10.3 Å². The van der Waals surface area contributed by atoms with Crippen molar-refractivity contribution in [2.45, 2.75) is 31.7 Å². The van der Waals surface area contributed by atoms with Crippen molar-refractivity contribution in [2.75, 3.05) is 0 Å². The third kappa shape index (κ3) is 3.94. The summed E-state index contributed by atoms with van der Waals surface area (Å²) in [7, 11) is 0. The highest BCUT2D eigenvalue weighted by Gasteiger charge is 2.40. The van der Waals surface area contributed by atoms with Crippen LogP contribution in [0.4, 0.5) is 0 Å². The predicted octanol–water partition coefficient (Wildman–Crippen LogP) is 5.57. The Morgan fingerprint density at radius 3 is 1.43 bits per heavy atom. The lowest BCUT2D eigenvalue weighted by molar-refractivity contribution is -0.102. The maximum atomic E-state index is 10.8. The molecule has 3 aromatic rings. The number of ether oxygens (including phenoxy) is 1. The summed E-state index contributed by atoms with van der Waals surface area (Å²) in [5, 5.41) is 10.8. The largest absolute Gasteiger partial charge is 0.390 e. The second kappa shape index (κ2) is 9.01. The zero-order chi connectivity index (χ0) is 20.0. The average Bonchev–Trinajstić information content (AvgIpc) is 2.78. The molecule has 0 bridgehead atoms. The minimum absolute atomic E-state index is 0.0741. The molecule has 2 nitrogen and oxygen atoms in total. The van der Waals surface area contributed by atoms with Gasteiger partial charge in [0.2, 0.25) is 0 Å². The molecular weight excluding hydrogens is 344 g/mol. The Balaban J connectivity index is 2.21. The van der Waals surface area contributed by atoms with Crippen molar-refractivity contribution in [3.05, 3.63) is 120 Å². The third-order valence-corrected chi connectivity index (χ3v) is 5.30. The predicted molar refractivity (Wildman–Crippen MR) is 115 cm³/mol. The Morgan fingerprint density at radius 2 is 1.11 bits per heavy atom. The van der Waals surface area contributed by atoms with Gasteiger partial charge in [-0.25, -0.2) is 0 Å². The maximum Gasteiger partial charge on any atom is 0.144 e. The van der Waals surface area contributed by atoms with Gasteiger partial charge in [-0.1, -0.05) is 104 Å². The molecule has 0 aromatic heterocycles. The van der Waals surface area contributed by atoms with E-state index in [-0.39, 0.29) is 5.92 Å². The summed E-state index contributed by atoms with van der Waals surface area (Å²) in [4.78, 5) is 0. The van der Waals surface area contributed by atoms with Gasteiger partial charge in [0.25, 0.3) is 0 Å². The smallest absolute Gasteiger partial charge is 0.144 e. The number of hydrogen-bond acceptors (Lipinski definition) is 2. The maximum absolute atomic E-state index is 10.8. The van der Waals surface area contributed by atoms with Crippen molar-refractivity contribution in [2.24, 2.45) is 5.92 Å². The first kappa shape index (κ1) is 20.1. The van der Waals surface area contributed by atoms with Crippen LogP contribution in [0.1, 0.15) is 30.5 Å². The van der Waals surface area contributed by atoms with Gasteiger partial charge in [0.15, 0.2) is 0 Å². The van der Waals surface area contributed by atoms with Gasteiger partial charge in [-0.2, -0.15) is 0 Å². The summed E-state index contributed by atoms with van der Waals surface area (Å²) in [5.74, 6) is -0.0741. The van der Waals surface area contributed by atoms with E-state index < -0.39 is 17.8 Å². The molecule has 0 unspecified atom stereocenters. The highest BCUT2D eigenvalue weighted by Crippen LogP contribution is 2.42. The first-order valence-electron chi connectivity index (χ1n) is 9.74. The minimum atomic E-state index is -0.828. The molecule has 0 saturated carbocycles. The molecule has 1 N–H and O–H groups in total. The Labute approximate surface area is 168 Å². The number of hydrogen-bond donors (Lipinski definition) is 1. The molecule has 28 heavy (non-hydrogen) atoms. The van der Waals surface area contributed by atoms with Gasteiger partial charge in [0, 0.05) is 5.92 Å². The highest BCUT2D eigenvalue weighted by molar-refractivity contribution is 5.47. The Hall–Kier alpha value is -2.68. The molecule has 0 spiro atoms. The normalized spacial score (nSPS) is 14.8. The van der Waals surface area contributed by atoms with Crippen LogP contribution in [0.5, 0.6) is 0 Å². The molecule has 3 atom stereocenters. The van der Waals surface area contributed by atoms with E-state index in [1.54, 1.807) is 6.08 Å². The van der Waals surface area contributed by atoms with Crippen molar-refractivity contribution < 1.29 is 9.84 Å². The molecule has 0 saturated heterocycles. The minimum Gasteiger partial charge on any atom is -0.390 e. The van der Waals surface area contributed by atoms with E-state index in [1.165, 1.54) is 0 Å². The Bertz CT molecular complexity index is 762. The van der Waals surface area contributed by atoms with Crippen molar-refractivity contribution in [3.8, 4) is 0 Å². The summed E-state index contributed by atoms with van der Waals surface area (Å²) in [6.45, 7) is 7.70. The molecule has 144 valence electrons. The lowest BCUT2D eigenvalue weighted by atomic mass is 9.79. The van der Waals surface area contributed by atoms with Crippen molar-refractivity contribution in [1.29, 1.82) is 0 Å². The molecule has 0 amide bonds. The van der Waals surface area contributed by atoms with E-state index >= 15 is 0 Å². The van der Waals surface area contributed by atoms with Crippen LogP contribution in [-0.4, -0.2) is 17.3 Å². The topological polar surface area (TPSA) is 29.5 Å². The molecule has 0 fully saturated rings. The lowest BCUT2D eigenvalue weighted by Gasteiger charge is -2.40. The van der Waals surface area contributed by atoms with Crippen LogP contribution in [0.15, 0.2) is 104 Å². The van der Waals surface area contributed by atoms with Crippen LogP contribution < -0.4 is 0 Å². The van der Waals surface area contributed by atoms with Crippen LogP contribution in [0, 0.1) is 5.92 Å². The van der Waals surface area contributed by atoms with Crippen molar-refractivity contribution in [3.63, 3.8) is 0 Å². The monoisotopic (exact) mass is 372 g/mol. The van der Waals surface area contributed by atoms with Gasteiger partial charge in [0.05, 0.1) is 12.2 Å². The van der Waals surface area contributed by atoms with Gasteiger partial charge in [0.1, 0.15) is 5.60 Å². The third-order valence-electron chi connectivity index (χ3n) is 5.30. The van der Waals surface area contributed by atoms with Crippen molar-refractivity contribution >= 4 is 0 Å². The molecular formula is C26H28O2. The van der Waals surface area contributed by atoms with Crippen LogP contribution in [0.3, 0.4) is 0 Å². The fourth-order valence-corrected chi connectivity index (χ4v) is 3.64. The molecule has 0 aliphatic carbocycles. The molecule has 0 aliphatic heterocycles. The molecule has 0 heterocycles. The van der Waals surface area contributed by atoms with E-state index in [0.717, 1.165) is 16.7 Å². The van der Waals surface area contributed by atoms with E-state index in [0.29, 0.717) is 0 Å². The zero-order valence-corrected chi connectivity index (χ0v) is 16.5. The molecule has 3 rings (SSSR count). The summed E-state index contributed by atoms with van der Waals surface area (Å²) in [6, 6.07) is 30.6. The quantitative estimate of drug-likeness (QED) is 0.414. The fourth-order valence-electron chi connectivity index (χ4n) is 3.64. The number of aliphatic hydroxyl groups is 1. The Kier molecular flexibility index (Phi) is 6.45. The summed E-state index contributed by atoms with van der Waals surface area (Å²) < 4.78 is 6.78. The van der Waals surface area contributed by atoms with Crippen LogP contribution in [0.2, 0.25) is 0 Å². The zero-order valence-electron chi connectivity index (χ0n) is 16.5. The SMILES string of the molecule is C=C[C@H](C)[C@H](O)[C@@H](C)OC(c1ccccc1)(c1ccccc1)c1ccccc1. The number of rotatable bonds is 8. The van der Waals surface area contributed by atoms with E-state index in [4.69, 9.17) is 4.74 Å². The average molecular weight is 373 g/mol. The molecule has 0 aliphatic rings. The molecule has 2 heteroatoms. The van der Waals surface area contributed by atoms with Gasteiger partial charge < -0.3 is 9.84 Å². The highest BCUT2D eigenvalue weighted by atomic mass is 16.5. The number of aliphatic hydroxyl groups excluding tert-OH is 1. The van der Waals surface area contributed by atoms with Gasteiger partial charge in [-0.05, 0) is 23.6 Å². The van der Waals surface area contributed by atoms with E-state index in [2.05, 4.69) is 43.0 Å². The van der Waals surface area contributed by atoms with E-state index in [1.807, 2.05) is 68.4 Å². The van der Waals surface area contributed by atoms with E-state index in [9.17, 15) is 5.11 Å². The second-order valence-corrected chi connectivity index (χ2v) is 7.19. The van der Waals surface area contributed by atoms with Gasteiger partial charge in [-0.3, -0.25) is 0 Å². The fraction of sp³-hybridized carbons (Fsp3) is 0.231. The lowest BCUT2D eigenvalue weighted by Crippen LogP contribution is -2.41. The molecule has 3 aromatic carbocycles. The first-order valence-corrected chi connectivity index (χ1v) is 9.74.